The predicted molar refractivity (Wildman–Crippen MR) is 125 cm³/mol. The number of anilines is 1. The molecule has 1 aliphatic rings. The van der Waals surface area contributed by atoms with Crippen LogP contribution in [0.25, 0.3) is 11.4 Å². The lowest BCUT2D eigenvalue weighted by atomic mass is 9.95. The SMILES string of the molecule is CC(C)CCCC(=O)N1Cc2ccccc2/C(N)=C(/N(N)C(C)C)c2ccccc21. The first-order chi connectivity index (χ1) is 14.3. The molecule has 1 heterocycles. The molecule has 0 fully saturated rings. The smallest absolute Gasteiger partial charge is 0.227 e. The highest BCUT2D eigenvalue weighted by Gasteiger charge is 2.28. The highest BCUT2D eigenvalue weighted by atomic mass is 16.2. The molecule has 0 saturated carbocycles. The van der Waals surface area contributed by atoms with Gasteiger partial charge in [0.2, 0.25) is 5.91 Å². The summed E-state index contributed by atoms with van der Waals surface area (Å²) in [4.78, 5) is 15.2. The van der Waals surface area contributed by atoms with Crippen molar-refractivity contribution in [3.05, 3.63) is 65.2 Å². The molecule has 5 heteroatoms. The number of fused-ring (bicyclic) bond motifs is 2. The lowest BCUT2D eigenvalue weighted by molar-refractivity contribution is -0.118. The lowest BCUT2D eigenvalue weighted by Crippen LogP contribution is -2.39. The van der Waals surface area contributed by atoms with Crippen LogP contribution in [-0.2, 0) is 11.3 Å². The third-order valence-electron chi connectivity index (χ3n) is 5.63. The van der Waals surface area contributed by atoms with Gasteiger partial charge in [0.05, 0.1) is 23.6 Å². The maximum Gasteiger partial charge on any atom is 0.227 e. The van der Waals surface area contributed by atoms with E-state index in [9.17, 15) is 4.79 Å². The first-order valence-corrected chi connectivity index (χ1v) is 10.8. The van der Waals surface area contributed by atoms with Crippen LogP contribution in [0.5, 0.6) is 0 Å². The fourth-order valence-corrected chi connectivity index (χ4v) is 3.91. The molecule has 0 bridgehead atoms. The predicted octanol–water partition coefficient (Wildman–Crippen LogP) is 4.73. The molecular weight excluding hydrogens is 372 g/mol. The van der Waals surface area contributed by atoms with Crippen LogP contribution in [0, 0.1) is 5.92 Å². The highest BCUT2D eigenvalue weighted by molar-refractivity contribution is 6.01. The number of carbonyl (C=O) groups is 1. The van der Waals surface area contributed by atoms with Gasteiger partial charge in [-0.05, 0) is 37.8 Å². The van der Waals surface area contributed by atoms with Crippen molar-refractivity contribution in [3.63, 3.8) is 0 Å². The van der Waals surface area contributed by atoms with E-state index >= 15 is 0 Å². The zero-order valence-electron chi connectivity index (χ0n) is 18.6. The van der Waals surface area contributed by atoms with Gasteiger partial charge in [0, 0.05) is 23.6 Å². The Morgan fingerprint density at radius 2 is 1.67 bits per heavy atom. The van der Waals surface area contributed by atoms with Gasteiger partial charge in [-0.25, -0.2) is 5.84 Å². The van der Waals surface area contributed by atoms with Crippen LogP contribution >= 0.6 is 0 Å². The van der Waals surface area contributed by atoms with Crippen molar-refractivity contribution in [3.8, 4) is 0 Å². The van der Waals surface area contributed by atoms with E-state index in [0.717, 1.165) is 40.9 Å². The quantitative estimate of drug-likeness (QED) is 0.537. The Labute approximate surface area is 180 Å². The molecule has 2 aromatic carbocycles. The maximum atomic E-state index is 13.3. The summed E-state index contributed by atoms with van der Waals surface area (Å²) in [6.07, 6.45) is 2.45. The van der Waals surface area contributed by atoms with E-state index in [1.165, 1.54) is 0 Å². The normalized spacial score (nSPS) is 16.2. The van der Waals surface area contributed by atoms with Gasteiger partial charge in [-0.1, -0.05) is 62.7 Å². The van der Waals surface area contributed by atoms with E-state index in [-0.39, 0.29) is 11.9 Å². The molecule has 5 nitrogen and oxygen atoms in total. The molecule has 1 amide bonds. The summed E-state index contributed by atoms with van der Waals surface area (Å²) in [5.41, 5.74) is 11.8. The second-order valence-electron chi connectivity index (χ2n) is 8.70. The molecular formula is C25H34N4O. The number of rotatable bonds is 6. The zero-order chi connectivity index (χ0) is 21.8. The number of nitrogens with two attached hydrogens (primary N) is 2. The van der Waals surface area contributed by atoms with Crippen LogP contribution in [-0.4, -0.2) is 17.0 Å². The van der Waals surface area contributed by atoms with Crippen molar-refractivity contribution in [1.29, 1.82) is 0 Å². The van der Waals surface area contributed by atoms with Gasteiger partial charge in [-0.2, -0.15) is 0 Å². The molecule has 3 rings (SSSR count). The van der Waals surface area contributed by atoms with Crippen LogP contribution in [0.2, 0.25) is 0 Å². The molecule has 0 radical (unpaired) electrons. The number of carbonyl (C=O) groups excluding carboxylic acids is 1. The van der Waals surface area contributed by atoms with E-state index in [1.54, 1.807) is 5.01 Å². The molecule has 4 N–H and O–H groups in total. The fourth-order valence-electron chi connectivity index (χ4n) is 3.91. The van der Waals surface area contributed by atoms with Crippen molar-refractivity contribution < 1.29 is 4.79 Å². The minimum absolute atomic E-state index is 0.0494. The Balaban J connectivity index is 2.16. The van der Waals surface area contributed by atoms with Crippen molar-refractivity contribution in [2.24, 2.45) is 17.5 Å². The summed E-state index contributed by atoms with van der Waals surface area (Å²) in [6, 6.07) is 16.0. The van der Waals surface area contributed by atoms with Gasteiger partial charge < -0.3 is 15.6 Å². The third-order valence-corrected chi connectivity index (χ3v) is 5.63. The standard InChI is InChI=1S/C25H34N4O/c1-17(2)10-9-15-23(30)28-16-19-11-5-6-12-20(19)24(26)25(29(27)18(3)4)21-13-7-8-14-22(21)28/h5-8,11-14,17-18H,9-10,15-16,26-27H2,1-4H3/b25-24-. The lowest BCUT2D eigenvalue weighted by Gasteiger charge is -2.34. The molecule has 30 heavy (non-hydrogen) atoms. The van der Waals surface area contributed by atoms with E-state index in [4.69, 9.17) is 11.6 Å². The molecule has 1 aliphatic heterocycles. The van der Waals surface area contributed by atoms with E-state index in [2.05, 4.69) is 13.8 Å². The molecule has 0 saturated heterocycles. The molecule has 0 unspecified atom stereocenters. The van der Waals surface area contributed by atoms with Gasteiger partial charge in [0.1, 0.15) is 0 Å². The number of hydrogen-bond acceptors (Lipinski definition) is 4. The Hall–Kier alpha value is -2.79. The number of para-hydroxylation sites is 1. The molecule has 2 aromatic rings. The average Bonchev–Trinajstić information content (AvgIpc) is 2.71. The Bertz CT molecular complexity index is 932. The summed E-state index contributed by atoms with van der Waals surface area (Å²) < 4.78 is 0. The van der Waals surface area contributed by atoms with Gasteiger partial charge in [-0.3, -0.25) is 4.79 Å². The topological polar surface area (TPSA) is 75.6 Å². The second kappa shape index (κ2) is 9.35. The number of amides is 1. The fraction of sp³-hybridized carbons (Fsp3) is 0.400. The largest absolute Gasteiger partial charge is 0.396 e. The Kier molecular flexibility index (Phi) is 6.83. The van der Waals surface area contributed by atoms with Crippen molar-refractivity contribution in [2.45, 2.75) is 59.5 Å². The molecule has 160 valence electrons. The minimum Gasteiger partial charge on any atom is -0.396 e. The third kappa shape index (κ3) is 4.51. The van der Waals surface area contributed by atoms with E-state index in [1.807, 2.05) is 67.3 Å². The summed E-state index contributed by atoms with van der Waals surface area (Å²) >= 11 is 0. The van der Waals surface area contributed by atoms with E-state index < -0.39 is 0 Å². The van der Waals surface area contributed by atoms with Gasteiger partial charge in [0.25, 0.3) is 0 Å². The Morgan fingerprint density at radius 1 is 1.03 bits per heavy atom. The maximum absolute atomic E-state index is 13.3. The van der Waals surface area contributed by atoms with Gasteiger partial charge in [0.15, 0.2) is 0 Å². The monoisotopic (exact) mass is 406 g/mol. The van der Waals surface area contributed by atoms with Crippen LogP contribution < -0.4 is 16.5 Å². The summed E-state index contributed by atoms with van der Waals surface area (Å²) in [5, 5.41) is 1.71. The number of hydrazine groups is 1. The van der Waals surface area contributed by atoms with Gasteiger partial charge in [-0.15, -0.1) is 0 Å². The molecule has 0 atom stereocenters. The summed E-state index contributed by atoms with van der Waals surface area (Å²) in [5.74, 6) is 7.22. The average molecular weight is 407 g/mol. The molecule has 0 aliphatic carbocycles. The first kappa shape index (κ1) is 21.9. The molecule has 0 spiro atoms. The molecule has 0 aromatic heterocycles. The number of benzene rings is 2. The zero-order valence-corrected chi connectivity index (χ0v) is 18.6. The van der Waals surface area contributed by atoms with E-state index in [0.29, 0.717) is 24.6 Å². The van der Waals surface area contributed by atoms with Crippen LogP contribution in [0.15, 0.2) is 48.5 Å². The number of hydrogen-bond donors (Lipinski definition) is 2. The minimum atomic E-state index is 0.0494. The summed E-state index contributed by atoms with van der Waals surface area (Å²) in [6.45, 7) is 8.93. The van der Waals surface area contributed by atoms with Crippen LogP contribution in [0.1, 0.15) is 63.6 Å². The number of nitrogens with zero attached hydrogens (tertiary/aromatic N) is 2. The van der Waals surface area contributed by atoms with Gasteiger partial charge >= 0.3 is 0 Å². The van der Waals surface area contributed by atoms with Crippen molar-refractivity contribution in [1.82, 2.24) is 5.01 Å². The first-order valence-electron chi connectivity index (χ1n) is 10.8. The van der Waals surface area contributed by atoms with Crippen LogP contribution in [0.3, 0.4) is 0 Å². The Morgan fingerprint density at radius 3 is 2.33 bits per heavy atom. The van der Waals surface area contributed by atoms with Crippen molar-refractivity contribution >= 4 is 23.0 Å². The van der Waals surface area contributed by atoms with Crippen molar-refractivity contribution in [2.75, 3.05) is 4.90 Å². The van der Waals surface area contributed by atoms with Crippen LogP contribution in [0.4, 0.5) is 5.69 Å². The second-order valence-corrected chi connectivity index (χ2v) is 8.70. The summed E-state index contributed by atoms with van der Waals surface area (Å²) in [7, 11) is 0. The highest BCUT2D eigenvalue weighted by Crippen LogP contribution is 2.37.